The molecule has 0 amide bonds. The number of phenolic OH excluding ortho intramolecular Hbond substituents is 3. The predicted molar refractivity (Wildman–Crippen MR) is 129 cm³/mol. The lowest BCUT2D eigenvalue weighted by Crippen LogP contribution is -2.22. The Hall–Kier alpha value is -5.18. The van der Waals surface area contributed by atoms with Crippen molar-refractivity contribution in [3.63, 3.8) is 0 Å². The van der Waals surface area contributed by atoms with E-state index in [2.05, 4.69) is 15.5 Å². The lowest BCUT2D eigenvalue weighted by Gasteiger charge is -2.20. The van der Waals surface area contributed by atoms with Crippen molar-refractivity contribution in [2.45, 2.75) is 0 Å². The number of hydrogen-bond donors (Lipinski definition) is 5. The highest BCUT2D eigenvalue weighted by Crippen LogP contribution is 2.40. The second-order valence-electron chi connectivity index (χ2n) is 7.86. The fraction of sp³-hybridized carbons (Fsp3) is 0. The number of benzene rings is 4. The van der Waals surface area contributed by atoms with Crippen LogP contribution in [0.25, 0.3) is 0 Å². The highest BCUT2D eigenvalue weighted by molar-refractivity contribution is 6.30. The van der Waals surface area contributed by atoms with Crippen LogP contribution in [0.2, 0.25) is 0 Å². The number of rotatable bonds is 4. The van der Waals surface area contributed by atoms with Crippen LogP contribution in [0.4, 0.5) is 28.4 Å². The van der Waals surface area contributed by atoms with Crippen molar-refractivity contribution < 1.29 is 24.9 Å². The van der Waals surface area contributed by atoms with E-state index in [4.69, 9.17) is 5.73 Å². The zero-order valence-electron chi connectivity index (χ0n) is 18.1. The molecule has 0 aliphatic heterocycles. The van der Waals surface area contributed by atoms with Gasteiger partial charge in [-0.1, -0.05) is 36.4 Å². The molecule has 0 unspecified atom stereocenters. The van der Waals surface area contributed by atoms with Crippen molar-refractivity contribution in [3.05, 3.63) is 95.1 Å². The fourth-order valence-corrected chi connectivity index (χ4v) is 3.90. The SMILES string of the molecule is Nc1cc(Nc2cccc3c2C(=O)c2ccccc2C3=O)ccc1N=Nc1cc(O)cc(O)c1O. The summed E-state index contributed by atoms with van der Waals surface area (Å²) in [6.45, 7) is 0. The first-order chi connectivity index (χ1) is 16.8. The van der Waals surface area contributed by atoms with E-state index in [1.54, 1.807) is 60.7 Å². The summed E-state index contributed by atoms with van der Waals surface area (Å²) < 4.78 is 0. The lowest BCUT2D eigenvalue weighted by atomic mass is 9.83. The molecule has 4 aromatic rings. The second kappa shape index (κ2) is 8.31. The van der Waals surface area contributed by atoms with Gasteiger partial charge in [-0.3, -0.25) is 9.59 Å². The third kappa shape index (κ3) is 3.80. The van der Waals surface area contributed by atoms with Crippen molar-refractivity contribution in [2.24, 2.45) is 10.2 Å². The minimum absolute atomic E-state index is 0.136. The first kappa shape index (κ1) is 21.7. The number of anilines is 3. The van der Waals surface area contributed by atoms with Crippen LogP contribution in [-0.4, -0.2) is 26.9 Å². The molecule has 6 N–H and O–H groups in total. The van der Waals surface area contributed by atoms with E-state index >= 15 is 0 Å². The van der Waals surface area contributed by atoms with Gasteiger partial charge >= 0.3 is 0 Å². The van der Waals surface area contributed by atoms with Gasteiger partial charge in [-0.25, -0.2) is 0 Å². The van der Waals surface area contributed by atoms with Crippen molar-refractivity contribution in [1.82, 2.24) is 0 Å². The van der Waals surface area contributed by atoms with Crippen LogP contribution in [0.15, 0.2) is 83.0 Å². The van der Waals surface area contributed by atoms with Gasteiger partial charge in [-0.05, 0) is 24.3 Å². The minimum Gasteiger partial charge on any atom is -0.508 e. The molecule has 0 saturated heterocycles. The molecule has 0 fully saturated rings. The second-order valence-corrected chi connectivity index (χ2v) is 7.86. The molecule has 1 aliphatic rings. The van der Waals surface area contributed by atoms with Gasteiger partial charge in [-0.15, -0.1) is 10.2 Å². The molecule has 1 aliphatic carbocycles. The number of ketones is 2. The van der Waals surface area contributed by atoms with Gasteiger partial charge in [0.1, 0.15) is 17.1 Å². The number of nitrogens with zero attached hydrogens (tertiary/aromatic N) is 2. The molecule has 0 saturated carbocycles. The van der Waals surface area contributed by atoms with E-state index in [9.17, 15) is 24.9 Å². The van der Waals surface area contributed by atoms with Gasteiger partial charge < -0.3 is 26.4 Å². The fourth-order valence-electron chi connectivity index (χ4n) is 3.90. The van der Waals surface area contributed by atoms with Gasteiger partial charge in [0.05, 0.1) is 16.9 Å². The van der Waals surface area contributed by atoms with E-state index < -0.39 is 11.5 Å². The molecule has 0 radical (unpaired) electrons. The molecule has 5 rings (SSSR count). The average Bonchev–Trinajstić information content (AvgIpc) is 2.84. The Balaban J connectivity index is 1.45. The zero-order chi connectivity index (χ0) is 24.7. The van der Waals surface area contributed by atoms with E-state index in [1.165, 1.54) is 0 Å². The largest absolute Gasteiger partial charge is 0.508 e. The predicted octanol–water partition coefficient (Wildman–Crippen LogP) is 5.32. The number of phenols is 3. The summed E-state index contributed by atoms with van der Waals surface area (Å²) in [6.07, 6.45) is 0. The Morgan fingerprint density at radius 2 is 1.40 bits per heavy atom. The van der Waals surface area contributed by atoms with Crippen LogP contribution in [0.5, 0.6) is 17.2 Å². The first-order valence-corrected chi connectivity index (χ1v) is 10.5. The molecule has 0 heterocycles. The van der Waals surface area contributed by atoms with Crippen molar-refractivity contribution in [1.29, 1.82) is 0 Å². The molecule has 35 heavy (non-hydrogen) atoms. The summed E-state index contributed by atoms with van der Waals surface area (Å²) in [4.78, 5) is 26.1. The Kier molecular flexibility index (Phi) is 5.14. The maximum absolute atomic E-state index is 13.2. The summed E-state index contributed by atoms with van der Waals surface area (Å²) in [7, 11) is 0. The number of hydrogen-bond acceptors (Lipinski definition) is 9. The van der Waals surface area contributed by atoms with Gasteiger partial charge in [-0.2, -0.15) is 0 Å². The molecule has 172 valence electrons. The number of aromatic hydroxyl groups is 3. The maximum Gasteiger partial charge on any atom is 0.196 e. The number of nitrogen functional groups attached to an aromatic ring is 1. The van der Waals surface area contributed by atoms with Gasteiger partial charge in [0.25, 0.3) is 0 Å². The van der Waals surface area contributed by atoms with Gasteiger partial charge in [0.2, 0.25) is 0 Å². The summed E-state index contributed by atoms with van der Waals surface area (Å²) in [5.74, 6) is -1.81. The van der Waals surface area contributed by atoms with Crippen LogP contribution >= 0.6 is 0 Å². The van der Waals surface area contributed by atoms with Crippen LogP contribution in [0, 0.1) is 0 Å². The highest BCUT2D eigenvalue weighted by atomic mass is 16.3. The topological polar surface area (TPSA) is 158 Å². The van der Waals surface area contributed by atoms with Gasteiger partial charge in [0.15, 0.2) is 23.1 Å². The maximum atomic E-state index is 13.2. The van der Waals surface area contributed by atoms with Crippen LogP contribution in [0.3, 0.4) is 0 Å². The normalized spacial score (nSPS) is 12.5. The summed E-state index contributed by atoms with van der Waals surface area (Å²) in [5.41, 5.74) is 8.85. The van der Waals surface area contributed by atoms with Crippen LogP contribution in [-0.2, 0) is 0 Å². The minimum atomic E-state index is -0.534. The number of azo groups is 1. The highest BCUT2D eigenvalue weighted by Gasteiger charge is 2.31. The van der Waals surface area contributed by atoms with Crippen LogP contribution < -0.4 is 11.1 Å². The average molecular weight is 466 g/mol. The standard InChI is InChI=1S/C26H18N4O5/c27-18-10-13(8-9-19(18)29-30-21-11-14(31)12-22(32)26(21)35)28-20-7-3-6-17-23(20)25(34)16-5-2-1-4-15(16)24(17)33/h1-12,28,31-32,35H,27H2. The quantitative estimate of drug-likeness (QED) is 0.104. The smallest absolute Gasteiger partial charge is 0.196 e. The van der Waals surface area contributed by atoms with E-state index in [-0.39, 0.29) is 39.9 Å². The molecular weight excluding hydrogens is 448 g/mol. The number of nitrogens with two attached hydrogens (primary N) is 1. The first-order valence-electron chi connectivity index (χ1n) is 10.5. The third-order valence-corrected chi connectivity index (χ3v) is 5.58. The van der Waals surface area contributed by atoms with Crippen molar-refractivity contribution in [3.8, 4) is 17.2 Å². The van der Waals surface area contributed by atoms with Crippen LogP contribution in [0.1, 0.15) is 31.8 Å². The van der Waals surface area contributed by atoms with E-state index in [0.717, 1.165) is 12.1 Å². The lowest BCUT2D eigenvalue weighted by molar-refractivity contribution is 0.0979. The third-order valence-electron chi connectivity index (χ3n) is 5.58. The van der Waals surface area contributed by atoms with Crippen molar-refractivity contribution in [2.75, 3.05) is 11.1 Å². The van der Waals surface area contributed by atoms with E-state index in [0.29, 0.717) is 28.1 Å². The number of carbonyl (C=O) groups is 2. The molecule has 4 aromatic carbocycles. The Morgan fingerprint density at radius 1 is 0.714 bits per heavy atom. The Morgan fingerprint density at radius 3 is 2.14 bits per heavy atom. The van der Waals surface area contributed by atoms with E-state index in [1.807, 2.05) is 0 Å². The Bertz CT molecular complexity index is 1560. The molecule has 9 nitrogen and oxygen atoms in total. The summed E-state index contributed by atoms with van der Waals surface area (Å²) >= 11 is 0. The molecule has 9 heteroatoms. The summed E-state index contributed by atoms with van der Waals surface area (Å²) in [5, 5.41) is 40.0. The molecule has 0 spiro atoms. The number of nitrogens with one attached hydrogen (secondary N) is 1. The number of carbonyl (C=O) groups excluding carboxylic acids is 2. The summed E-state index contributed by atoms with van der Waals surface area (Å²) in [6, 6.07) is 18.7. The molecule has 0 bridgehead atoms. The Labute approximate surface area is 198 Å². The zero-order valence-corrected chi connectivity index (χ0v) is 18.1. The monoisotopic (exact) mass is 466 g/mol. The van der Waals surface area contributed by atoms with Gasteiger partial charge in [0, 0.05) is 34.5 Å². The molecule has 0 atom stereocenters. The molecular formula is C26H18N4O5. The number of fused-ring (bicyclic) bond motifs is 2. The molecule has 0 aromatic heterocycles. The van der Waals surface area contributed by atoms with Crippen molar-refractivity contribution >= 4 is 40.0 Å².